The fourth-order valence-corrected chi connectivity index (χ4v) is 6.88. The lowest BCUT2D eigenvalue weighted by atomic mass is 10.0. The number of carbonyl (C=O) groups excluding carboxylic acids is 3. The van der Waals surface area contributed by atoms with Crippen LogP contribution in [0.5, 0.6) is 0 Å². The molecule has 5 rings (SSSR count). The lowest BCUT2D eigenvalue weighted by Gasteiger charge is -2.35. The largest absolute Gasteiger partial charge is 0.477 e. The summed E-state index contributed by atoms with van der Waals surface area (Å²) in [5.74, 6) is -1.89. The molecule has 0 saturated carbocycles. The molecule has 2 atom stereocenters. The number of nitrogens with one attached hydrogen (secondary N) is 4. The van der Waals surface area contributed by atoms with Gasteiger partial charge in [-0.05, 0) is 61.1 Å². The van der Waals surface area contributed by atoms with E-state index in [2.05, 4.69) is 21.3 Å². The van der Waals surface area contributed by atoms with E-state index < -0.39 is 41.0 Å². The number of ether oxygens (including phenoxy) is 2. The number of anilines is 2. The van der Waals surface area contributed by atoms with Gasteiger partial charge in [-0.15, -0.1) is 0 Å². The fourth-order valence-electron chi connectivity index (χ4n) is 6.88. The maximum Gasteiger partial charge on any atom is 0.410 e. The van der Waals surface area contributed by atoms with E-state index in [1.165, 1.54) is 6.20 Å². The third-order valence-electron chi connectivity index (χ3n) is 10.4. The number of aromatic carboxylic acids is 1. The van der Waals surface area contributed by atoms with Crippen LogP contribution in [-0.2, 0) is 29.2 Å². The minimum absolute atomic E-state index is 0.00289. The minimum Gasteiger partial charge on any atom is -0.477 e. The number of halogens is 1. The first-order valence-electron chi connectivity index (χ1n) is 20.2. The molecule has 1 saturated heterocycles. The van der Waals surface area contributed by atoms with E-state index in [0.29, 0.717) is 57.6 Å². The molecule has 0 bridgehead atoms. The average molecular weight is 831 g/mol. The quantitative estimate of drug-likeness (QED) is 0.0686. The van der Waals surface area contributed by atoms with Crippen LogP contribution in [0.2, 0.25) is 0 Å². The Kier molecular flexibility index (Phi) is 16.1. The van der Waals surface area contributed by atoms with E-state index >= 15 is 4.39 Å². The van der Waals surface area contributed by atoms with Gasteiger partial charge >= 0.3 is 24.2 Å². The Morgan fingerprint density at radius 1 is 0.917 bits per heavy atom. The van der Waals surface area contributed by atoms with E-state index in [-0.39, 0.29) is 55.4 Å². The zero-order chi connectivity index (χ0) is 43.2. The Morgan fingerprint density at radius 3 is 2.25 bits per heavy atom. The normalized spacial score (nSPS) is 13.8. The van der Waals surface area contributed by atoms with Crippen molar-refractivity contribution in [3.8, 4) is 0 Å². The fraction of sp³-hybridized carbons (Fsp3) is 0.419. The molecular weight excluding hydrogens is 776 g/mol. The number of carboxylic acids is 1. The van der Waals surface area contributed by atoms with Crippen LogP contribution in [-0.4, -0.2) is 96.7 Å². The van der Waals surface area contributed by atoms with Crippen molar-refractivity contribution in [3.05, 3.63) is 106 Å². The number of amides is 4. The molecule has 322 valence electrons. The van der Waals surface area contributed by atoms with Gasteiger partial charge in [-0.3, -0.25) is 4.79 Å². The van der Waals surface area contributed by atoms with Crippen molar-refractivity contribution >= 4 is 46.5 Å². The lowest BCUT2D eigenvalue weighted by Crippen LogP contribution is -2.49. The van der Waals surface area contributed by atoms with Crippen LogP contribution in [0.25, 0.3) is 10.9 Å². The molecule has 1 aromatic heterocycles. The molecule has 1 aliphatic heterocycles. The molecule has 16 nitrogen and oxygen atoms in total. The van der Waals surface area contributed by atoms with Gasteiger partial charge in [0.25, 0.3) is 0 Å². The van der Waals surface area contributed by atoms with Crippen molar-refractivity contribution in [2.24, 2.45) is 11.7 Å². The summed E-state index contributed by atoms with van der Waals surface area (Å²) < 4.78 is 28.0. The van der Waals surface area contributed by atoms with E-state index in [4.69, 9.17) is 15.2 Å². The number of pyridine rings is 1. The first-order chi connectivity index (χ1) is 28.8. The van der Waals surface area contributed by atoms with E-state index in [1.807, 2.05) is 68.4 Å². The summed E-state index contributed by atoms with van der Waals surface area (Å²) in [6, 6.07) is 18.8. The van der Waals surface area contributed by atoms with Crippen LogP contribution in [0.15, 0.2) is 77.7 Å². The summed E-state index contributed by atoms with van der Waals surface area (Å²) in [5.41, 5.74) is 7.33. The molecule has 2 heterocycles. The molecule has 7 N–H and O–H groups in total. The standard InChI is InChI=1S/C43H55FN8O8/c1-4-50-25-34(40(54)55)39(53)33-21-35(44)38(22-37(33)50)51-17-19-52(20-18-51)43(58)60-27-30-12-14-31(15-13-30)47-23-32(11-8-16-46-41(45)56)48-24-36(28(2)3)49-42(57)59-26-29-9-6-5-7-10-29/h5-7,9-10,12-15,21-22,25,28,32,36,47-48H,4,8,11,16-20,23-24,26-27H2,1-3H3,(H,49,57)(H,54,55)(H3,45,46,56)/t32-,36+/m1/s1. The molecule has 0 aliphatic carbocycles. The average Bonchev–Trinajstić information content (AvgIpc) is 3.24. The number of fused-ring (bicyclic) bond motifs is 1. The van der Waals surface area contributed by atoms with Crippen molar-refractivity contribution < 1.29 is 38.1 Å². The number of alkyl carbamates (subject to hydrolysis) is 1. The van der Waals surface area contributed by atoms with E-state index in [0.717, 1.165) is 22.9 Å². The molecule has 1 fully saturated rings. The predicted octanol–water partition coefficient (Wildman–Crippen LogP) is 5.09. The van der Waals surface area contributed by atoms with Gasteiger partial charge in [0.05, 0.1) is 11.2 Å². The topological polar surface area (TPSA) is 210 Å². The number of rotatable bonds is 19. The van der Waals surface area contributed by atoms with Crippen LogP contribution in [0, 0.1) is 11.7 Å². The molecule has 1 aliphatic rings. The summed E-state index contributed by atoms with van der Waals surface area (Å²) in [5, 5.41) is 22.0. The number of urea groups is 1. The van der Waals surface area contributed by atoms with Gasteiger partial charge in [0, 0.05) is 81.7 Å². The van der Waals surface area contributed by atoms with Crippen molar-refractivity contribution in [2.45, 2.75) is 65.5 Å². The summed E-state index contributed by atoms with van der Waals surface area (Å²) in [6.45, 7) is 9.18. The Hall–Kier alpha value is -6.36. The monoisotopic (exact) mass is 830 g/mol. The number of hydrogen-bond donors (Lipinski definition) is 6. The molecule has 3 aromatic carbocycles. The molecule has 0 radical (unpaired) electrons. The highest BCUT2D eigenvalue weighted by Crippen LogP contribution is 2.27. The van der Waals surface area contributed by atoms with Crippen molar-refractivity contribution in [1.29, 1.82) is 0 Å². The highest BCUT2D eigenvalue weighted by molar-refractivity contribution is 5.93. The summed E-state index contributed by atoms with van der Waals surface area (Å²) in [7, 11) is 0. The Bertz CT molecular complexity index is 2140. The number of nitrogens with zero attached hydrogens (tertiary/aromatic N) is 3. The van der Waals surface area contributed by atoms with Gasteiger partial charge in [0.1, 0.15) is 24.6 Å². The van der Waals surface area contributed by atoms with Gasteiger partial charge in [-0.2, -0.15) is 0 Å². The number of piperazine rings is 1. The van der Waals surface area contributed by atoms with Gasteiger partial charge in [-0.25, -0.2) is 23.6 Å². The molecule has 4 aromatic rings. The van der Waals surface area contributed by atoms with Crippen molar-refractivity contribution in [2.75, 3.05) is 56.0 Å². The highest BCUT2D eigenvalue weighted by Gasteiger charge is 2.26. The summed E-state index contributed by atoms with van der Waals surface area (Å²) in [4.78, 5) is 64.5. The third kappa shape index (κ3) is 12.6. The third-order valence-corrected chi connectivity index (χ3v) is 10.4. The number of aryl methyl sites for hydroxylation is 1. The second kappa shape index (κ2) is 21.6. The van der Waals surface area contributed by atoms with Crippen LogP contribution in [0.3, 0.4) is 0 Å². The summed E-state index contributed by atoms with van der Waals surface area (Å²) in [6.07, 6.45) is 1.69. The second-order valence-corrected chi connectivity index (χ2v) is 15.0. The minimum atomic E-state index is -1.37. The highest BCUT2D eigenvalue weighted by atomic mass is 19.1. The van der Waals surface area contributed by atoms with Crippen LogP contribution in [0.4, 0.5) is 30.1 Å². The number of hydrogen-bond acceptors (Lipinski definition) is 10. The Balaban J connectivity index is 1.09. The SMILES string of the molecule is CCn1cc(C(=O)O)c(=O)c2cc(F)c(N3CCN(C(=O)OCc4ccc(NC[C@@H](CCCNC(N)=O)NC[C@H](NC(=O)OCc5ccccc5)C(C)C)cc4)CC3)cc21. The van der Waals surface area contributed by atoms with Gasteiger partial charge in [-0.1, -0.05) is 56.3 Å². The number of nitrogens with two attached hydrogens (primary N) is 1. The number of benzene rings is 3. The predicted molar refractivity (Wildman–Crippen MR) is 227 cm³/mol. The van der Waals surface area contributed by atoms with E-state index in [9.17, 15) is 29.1 Å². The van der Waals surface area contributed by atoms with Crippen LogP contribution in [0.1, 0.15) is 55.1 Å². The molecule has 4 amide bonds. The maximum atomic E-state index is 15.3. The lowest BCUT2D eigenvalue weighted by molar-refractivity contribution is 0.0694. The Morgan fingerprint density at radius 2 is 1.60 bits per heavy atom. The van der Waals surface area contributed by atoms with Crippen LogP contribution < -0.4 is 37.3 Å². The number of carboxylic acid groups (broad SMARTS) is 1. The molecule has 60 heavy (non-hydrogen) atoms. The molecule has 17 heteroatoms. The van der Waals surface area contributed by atoms with E-state index in [1.54, 1.807) is 27.4 Å². The van der Waals surface area contributed by atoms with Crippen molar-refractivity contribution in [3.63, 3.8) is 0 Å². The van der Waals surface area contributed by atoms with Gasteiger partial charge in [0.2, 0.25) is 5.43 Å². The summed E-state index contributed by atoms with van der Waals surface area (Å²) >= 11 is 0. The first-order valence-corrected chi connectivity index (χ1v) is 20.2. The second-order valence-electron chi connectivity index (χ2n) is 15.0. The number of aromatic nitrogens is 1. The van der Waals surface area contributed by atoms with Crippen LogP contribution >= 0.6 is 0 Å². The Labute approximate surface area is 348 Å². The molecular formula is C43H55FN8O8. The maximum absolute atomic E-state index is 15.3. The number of carbonyl (C=O) groups is 4. The molecule has 0 unspecified atom stereocenters. The van der Waals surface area contributed by atoms with Crippen molar-refractivity contribution in [1.82, 2.24) is 25.4 Å². The smallest absolute Gasteiger partial charge is 0.410 e. The molecule has 0 spiro atoms. The first kappa shape index (κ1) is 44.7. The zero-order valence-corrected chi connectivity index (χ0v) is 34.2. The zero-order valence-electron chi connectivity index (χ0n) is 34.2. The number of primary amides is 1. The van der Waals surface area contributed by atoms with Gasteiger partial charge in [0.15, 0.2) is 0 Å². The van der Waals surface area contributed by atoms with Gasteiger partial charge < -0.3 is 55.9 Å².